The largest absolute Gasteiger partial charge is 0.459 e. The molecule has 0 amide bonds. The van der Waals surface area contributed by atoms with Gasteiger partial charge in [-0.15, -0.1) is 0 Å². The van der Waals surface area contributed by atoms with Gasteiger partial charge in [0.1, 0.15) is 12.2 Å². The molecule has 0 N–H and O–H groups in total. The van der Waals surface area contributed by atoms with Gasteiger partial charge >= 0.3 is 5.97 Å². The number of hydrogen-bond donors (Lipinski definition) is 0. The molecule has 2 bridgehead atoms. The molecule has 6 atom stereocenters. The van der Waals surface area contributed by atoms with E-state index in [9.17, 15) is 4.79 Å². The predicted octanol–water partition coefficient (Wildman–Crippen LogP) is 0.581. The molecule has 3 aliphatic heterocycles. The molecule has 0 aromatic heterocycles. The van der Waals surface area contributed by atoms with Crippen molar-refractivity contribution >= 4 is 5.97 Å². The lowest BCUT2D eigenvalue weighted by Gasteiger charge is -2.22. The SMILES string of the molecule is C[C@@H]1C2OC(=O)C3C2OC1[C@H]3C. The first-order valence-electron chi connectivity index (χ1n) is 4.56. The van der Waals surface area contributed by atoms with Crippen molar-refractivity contribution in [3.8, 4) is 0 Å². The van der Waals surface area contributed by atoms with Crippen molar-refractivity contribution in [1.82, 2.24) is 0 Å². The van der Waals surface area contributed by atoms with Crippen LogP contribution < -0.4 is 0 Å². The van der Waals surface area contributed by atoms with Crippen LogP contribution in [0.1, 0.15) is 13.8 Å². The standard InChI is InChI=1S/C9H12O3/c1-3-5-8-7(12-9(5)10)4(2)6(3)11-8/h3-8H,1-2H3/t3-,4-,5?,6?,7?,8?/m0/s1. The van der Waals surface area contributed by atoms with Crippen LogP contribution in [0.3, 0.4) is 0 Å². The van der Waals surface area contributed by atoms with Crippen molar-refractivity contribution in [1.29, 1.82) is 0 Å². The number of hydrogen-bond acceptors (Lipinski definition) is 3. The van der Waals surface area contributed by atoms with E-state index in [-0.39, 0.29) is 30.2 Å². The number of rotatable bonds is 0. The summed E-state index contributed by atoms with van der Waals surface area (Å²) in [6.07, 6.45) is 0.396. The molecule has 3 saturated heterocycles. The van der Waals surface area contributed by atoms with Gasteiger partial charge in [0.25, 0.3) is 0 Å². The summed E-state index contributed by atoms with van der Waals surface area (Å²) >= 11 is 0. The van der Waals surface area contributed by atoms with E-state index in [0.29, 0.717) is 11.8 Å². The highest BCUT2D eigenvalue weighted by Crippen LogP contribution is 2.52. The summed E-state index contributed by atoms with van der Waals surface area (Å²) < 4.78 is 11.0. The van der Waals surface area contributed by atoms with E-state index < -0.39 is 0 Å². The number of fused-ring (bicyclic) bond motifs is 1. The minimum Gasteiger partial charge on any atom is -0.459 e. The van der Waals surface area contributed by atoms with E-state index in [1.165, 1.54) is 0 Å². The Labute approximate surface area is 71.0 Å². The van der Waals surface area contributed by atoms with Crippen molar-refractivity contribution in [2.75, 3.05) is 0 Å². The minimum atomic E-state index is -0.0376. The summed E-state index contributed by atoms with van der Waals surface area (Å²) in [5.41, 5.74) is 0. The summed E-state index contributed by atoms with van der Waals surface area (Å²) in [6, 6.07) is 0. The fourth-order valence-corrected chi connectivity index (χ4v) is 3.00. The zero-order valence-corrected chi connectivity index (χ0v) is 7.19. The van der Waals surface area contributed by atoms with Crippen LogP contribution in [0.25, 0.3) is 0 Å². The molecule has 3 aliphatic rings. The van der Waals surface area contributed by atoms with Gasteiger partial charge in [-0.05, 0) is 5.92 Å². The third kappa shape index (κ3) is 0.534. The second-order valence-corrected chi connectivity index (χ2v) is 4.21. The first-order chi connectivity index (χ1) is 5.70. The van der Waals surface area contributed by atoms with Crippen molar-refractivity contribution < 1.29 is 14.3 Å². The summed E-state index contributed by atoms with van der Waals surface area (Å²) in [7, 11) is 0. The van der Waals surface area contributed by atoms with Crippen LogP contribution in [0.2, 0.25) is 0 Å². The van der Waals surface area contributed by atoms with Crippen LogP contribution in [-0.4, -0.2) is 24.3 Å². The van der Waals surface area contributed by atoms with Crippen molar-refractivity contribution in [2.24, 2.45) is 17.8 Å². The number of esters is 1. The molecule has 4 unspecified atom stereocenters. The van der Waals surface area contributed by atoms with E-state index in [1.54, 1.807) is 0 Å². The maximum Gasteiger partial charge on any atom is 0.312 e. The maximum absolute atomic E-state index is 11.3. The monoisotopic (exact) mass is 168 g/mol. The Morgan fingerprint density at radius 3 is 2.50 bits per heavy atom. The van der Waals surface area contributed by atoms with E-state index >= 15 is 0 Å². The number of carbonyl (C=O) groups excluding carboxylic acids is 1. The Bertz CT molecular complexity index is 250. The van der Waals surface area contributed by atoms with Gasteiger partial charge in [0.05, 0.1) is 12.0 Å². The molecule has 66 valence electrons. The molecule has 3 nitrogen and oxygen atoms in total. The summed E-state index contributed by atoms with van der Waals surface area (Å²) in [5, 5.41) is 0. The quantitative estimate of drug-likeness (QED) is 0.496. The lowest BCUT2D eigenvalue weighted by molar-refractivity contribution is -0.144. The van der Waals surface area contributed by atoms with Gasteiger partial charge in [0.2, 0.25) is 0 Å². The Morgan fingerprint density at radius 2 is 1.83 bits per heavy atom. The average Bonchev–Trinajstić information content (AvgIpc) is 2.56. The lowest BCUT2D eigenvalue weighted by atomic mass is 9.76. The van der Waals surface area contributed by atoms with E-state index in [0.717, 1.165) is 0 Å². The van der Waals surface area contributed by atoms with Gasteiger partial charge in [-0.3, -0.25) is 4.79 Å². The Balaban J connectivity index is 2.06. The summed E-state index contributed by atoms with van der Waals surface area (Å²) in [6.45, 7) is 4.20. The van der Waals surface area contributed by atoms with E-state index in [2.05, 4.69) is 13.8 Å². The zero-order valence-electron chi connectivity index (χ0n) is 7.19. The Kier molecular flexibility index (Phi) is 1.06. The molecule has 0 spiro atoms. The van der Waals surface area contributed by atoms with Crippen LogP contribution in [0, 0.1) is 17.8 Å². The van der Waals surface area contributed by atoms with Gasteiger partial charge in [0, 0.05) is 5.92 Å². The van der Waals surface area contributed by atoms with Crippen LogP contribution >= 0.6 is 0 Å². The predicted molar refractivity (Wildman–Crippen MR) is 40.4 cm³/mol. The van der Waals surface area contributed by atoms with E-state index in [1.807, 2.05) is 0 Å². The highest BCUT2D eigenvalue weighted by atomic mass is 16.6. The maximum atomic E-state index is 11.3. The molecule has 3 fully saturated rings. The van der Waals surface area contributed by atoms with Crippen molar-refractivity contribution in [2.45, 2.75) is 32.2 Å². The van der Waals surface area contributed by atoms with Crippen LogP contribution in [0.5, 0.6) is 0 Å². The molecule has 3 heteroatoms. The minimum absolute atomic E-state index is 0.0376. The van der Waals surface area contributed by atoms with Gasteiger partial charge in [-0.2, -0.15) is 0 Å². The summed E-state index contributed by atoms with van der Waals surface area (Å²) in [5.74, 6) is 0.754. The normalized spacial score (nSPS) is 61.0. The molecule has 0 radical (unpaired) electrons. The third-order valence-corrected chi connectivity index (χ3v) is 3.64. The Hall–Kier alpha value is -0.570. The molecular weight excluding hydrogens is 156 g/mol. The smallest absolute Gasteiger partial charge is 0.312 e. The second-order valence-electron chi connectivity index (χ2n) is 4.21. The fraction of sp³-hybridized carbons (Fsp3) is 0.889. The molecule has 0 aromatic carbocycles. The highest BCUT2D eigenvalue weighted by molar-refractivity contribution is 5.77. The van der Waals surface area contributed by atoms with Crippen molar-refractivity contribution in [3.63, 3.8) is 0 Å². The van der Waals surface area contributed by atoms with Crippen LogP contribution in [0.15, 0.2) is 0 Å². The second kappa shape index (κ2) is 1.84. The number of ether oxygens (including phenoxy) is 2. The first-order valence-corrected chi connectivity index (χ1v) is 4.56. The molecule has 0 saturated carbocycles. The van der Waals surface area contributed by atoms with Crippen LogP contribution in [0.4, 0.5) is 0 Å². The topological polar surface area (TPSA) is 35.5 Å². The molecule has 3 heterocycles. The molecule has 12 heavy (non-hydrogen) atoms. The van der Waals surface area contributed by atoms with Crippen LogP contribution in [-0.2, 0) is 14.3 Å². The Morgan fingerprint density at radius 1 is 1.08 bits per heavy atom. The molecule has 3 rings (SSSR count). The van der Waals surface area contributed by atoms with E-state index in [4.69, 9.17) is 9.47 Å². The number of carbonyl (C=O) groups is 1. The molecule has 0 aliphatic carbocycles. The van der Waals surface area contributed by atoms with Crippen molar-refractivity contribution in [3.05, 3.63) is 0 Å². The van der Waals surface area contributed by atoms with Gasteiger partial charge in [-0.25, -0.2) is 0 Å². The zero-order chi connectivity index (χ0) is 8.46. The van der Waals surface area contributed by atoms with Gasteiger partial charge in [0.15, 0.2) is 0 Å². The molecule has 0 aromatic rings. The highest BCUT2D eigenvalue weighted by Gasteiger charge is 2.65. The molecular formula is C9H12O3. The summed E-state index contributed by atoms with van der Waals surface area (Å²) in [4.78, 5) is 11.3. The van der Waals surface area contributed by atoms with Gasteiger partial charge in [-0.1, -0.05) is 13.8 Å². The first kappa shape index (κ1) is 6.89. The average molecular weight is 168 g/mol. The van der Waals surface area contributed by atoms with Gasteiger partial charge < -0.3 is 9.47 Å². The fourth-order valence-electron chi connectivity index (χ4n) is 3.00. The third-order valence-electron chi connectivity index (χ3n) is 3.64. The lowest BCUT2D eigenvalue weighted by Crippen LogP contribution is -2.35.